The molecule has 1 atom stereocenters. The minimum Gasteiger partial charge on any atom is -0.366 e. The fourth-order valence-electron chi connectivity index (χ4n) is 4.78. The van der Waals surface area contributed by atoms with E-state index in [0.29, 0.717) is 20.9 Å². The molecular formula is C25H26Cl2N2O2S. The van der Waals surface area contributed by atoms with Crippen LogP contribution in [0.25, 0.3) is 6.08 Å². The van der Waals surface area contributed by atoms with E-state index in [1.807, 2.05) is 18.2 Å². The van der Waals surface area contributed by atoms with Gasteiger partial charge in [-0.2, -0.15) is 0 Å². The van der Waals surface area contributed by atoms with Crippen molar-refractivity contribution >= 4 is 57.9 Å². The Bertz CT molecular complexity index is 1110. The predicted octanol–water partition coefficient (Wildman–Crippen LogP) is 7.34. The first-order valence-corrected chi connectivity index (χ1v) is 12.3. The Labute approximate surface area is 203 Å². The number of carbonyl (C=O) groups excluding carboxylic acids is 2. The molecule has 1 fully saturated rings. The molecule has 4 rings (SSSR count). The lowest BCUT2D eigenvalue weighted by atomic mass is 9.79. The van der Waals surface area contributed by atoms with Gasteiger partial charge in [-0.05, 0) is 91.9 Å². The van der Waals surface area contributed by atoms with Gasteiger partial charge in [-0.25, -0.2) is 0 Å². The molecule has 0 N–H and O–H groups in total. The number of amides is 2. The van der Waals surface area contributed by atoms with Crippen LogP contribution in [-0.4, -0.2) is 28.1 Å². The molecule has 0 aliphatic carbocycles. The summed E-state index contributed by atoms with van der Waals surface area (Å²) in [6.07, 6.45) is 2.78. The van der Waals surface area contributed by atoms with Crippen molar-refractivity contribution in [1.29, 1.82) is 0 Å². The van der Waals surface area contributed by atoms with Crippen molar-refractivity contribution in [1.82, 2.24) is 4.90 Å². The van der Waals surface area contributed by atoms with Crippen molar-refractivity contribution in [3.63, 3.8) is 0 Å². The van der Waals surface area contributed by atoms with Crippen molar-refractivity contribution in [3.8, 4) is 0 Å². The monoisotopic (exact) mass is 488 g/mol. The molecule has 0 aromatic heterocycles. The number of halogens is 2. The highest BCUT2D eigenvalue weighted by molar-refractivity contribution is 8.18. The fourth-order valence-corrected chi connectivity index (χ4v) is 5.95. The largest absolute Gasteiger partial charge is 0.366 e. The quantitative estimate of drug-likeness (QED) is 0.421. The number of nitrogens with zero attached hydrogens (tertiary/aromatic N) is 2. The van der Waals surface area contributed by atoms with Crippen LogP contribution in [0.3, 0.4) is 0 Å². The molecule has 2 aromatic carbocycles. The van der Waals surface area contributed by atoms with Crippen molar-refractivity contribution in [2.45, 2.75) is 52.1 Å². The highest BCUT2D eigenvalue weighted by Gasteiger charge is 2.37. The summed E-state index contributed by atoms with van der Waals surface area (Å²) in [5.74, 6) is 0.0697. The van der Waals surface area contributed by atoms with Crippen LogP contribution < -0.4 is 4.90 Å². The molecule has 1 saturated heterocycles. The number of benzene rings is 2. The van der Waals surface area contributed by atoms with Gasteiger partial charge in [0.05, 0.1) is 11.4 Å². The highest BCUT2D eigenvalue weighted by Crippen LogP contribution is 2.46. The van der Waals surface area contributed by atoms with E-state index in [0.717, 1.165) is 41.5 Å². The van der Waals surface area contributed by atoms with E-state index in [9.17, 15) is 9.59 Å². The average molecular weight is 489 g/mol. The second-order valence-electron chi connectivity index (χ2n) is 8.99. The van der Waals surface area contributed by atoms with Crippen LogP contribution in [0.2, 0.25) is 10.0 Å². The van der Waals surface area contributed by atoms with Gasteiger partial charge in [0.25, 0.3) is 11.1 Å². The van der Waals surface area contributed by atoms with Gasteiger partial charge in [-0.15, -0.1) is 0 Å². The summed E-state index contributed by atoms with van der Waals surface area (Å²) in [4.78, 5) is 29.6. The van der Waals surface area contributed by atoms with Crippen molar-refractivity contribution < 1.29 is 9.59 Å². The molecule has 0 bridgehead atoms. The first-order valence-electron chi connectivity index (χ1n) is 10.7. The van der Waals surface area contributed by atoms with E-state index in [1.165, 1.54) is 10.5 Å². The number of fused-ring (bicyclic) bond motifs is 1. The van der Waals surface area contributed by atoms with Crippen LogP contribution >= 0.6 is 35.0 Å². The van der Waals surface area contributed by atoms with Gasteiger partial charge in [-0.1, -0.05) is 42.3 Å². The van der Waals surface area contributed by atoms with Gasteiger partial charge in [0, 0.05) is 27.8 Å². The number of hydrogen-bond donors (Lipinski definition) is 0. The molecule has 0 spiro atoms. The number of thioether (sulfide) groups is 1. The SMILES string of the molecule is CCN1c2cc(Cl)c(/C=C3/SC(=O)N(Cc4ccc(Cl)cc4)C3=O)cc2C(C)CC1(C)C. The molecule has 2 aliphatic rings. The van der Waals surface area contributed by atoms with Crippen LogP contribution in [0.1, 0.15) is 56.7 Å². The molecule has 2 heterocycles. The standard InChI is InChI=1S/C25H26Cl2N2O2S/c1-5-29-21-12-20(27)17(10-19(21)15(2)13-25(29,3)4)11-22-23(30)28(24(31)32-22)14-16-6-8-18(26)9-7-16/h6-12,15H,5,13-14H2,1-4H3/b22-11+. The lowest BCUT2D eigenvalue weighted by Crippen LogP contribution is -2.48. The van der Waals surface area contributed by atoms with E-state index in [2.05, 4.69) is 38.7 Å². The summed E-state index contributed by atoms with van der Waals surface area (Å²) in [6.45, 7) is 10.0. The Kier molecular flexibility index (Phi) is 6.36. The zero-order valence-electron chi connectivity index (χ0n) is 18.6. The van der Waals surface area contributed by atoms with E-state index in [1.54, 1.807) is 18.2 Å². The average Bonchev–Trinajstić information content (AvgIpc) is 2.98. The summed E-state index contributed by atoms with van der Waals surface area (Å²) in [5, 5.41) is 0.915. The van der Waals surface area contributed by atoms with Gasteiger partial charge in [0.15, 0.2) is 0 Å². The van der Waals surface area contributed by atoms with Crippen molar-refractivity contribution in [2.24, 2.45) is 0 Å². The van der Waals surface area contributed by atoms with Crippen LogP contribution in [0.15, 0.2) is 41.3 Å². The summed E-state index contributed by atoms with van der Waals surface area (Å²) in [6, 6.07) is 11.2. The second-order valence-corrected chi connectivity index (χ2v) is 10.8. The number of rotatable bonds is 4. The first-order chi connectivity index (χ1) is 15.1. The zero-order chi connectivity index (χ0) is 23.2. The van der Waals surface area contributed by atoms with Crippen LogP contribution in [0, 0.1) is 0 Å². The Morgan fingerprint density at radius 1 is 1.16 bits per heavy atom. The maximum atomic E-state index is 13.0. The van der Waals surface area contributed by atoms with Crippen molar-refractivity contribution in [2.75, 3.05) is 11.4 Å². The number of carbonyl (C=O) groups is 2. The van der Waals surface area contributed by atoms with Crippen LogP contribution in [0.5, 0.6) is 0 Å². The Hall–Kier alpha value is -1.95. The summed E-state index contributed by atoms with van der Waals surface area (Å²) in [5.41, 5.74) is 4.04. The smallest absolute Gasteiger partial charge is 0.293 e. The molecular weight excluding hydrogens is 463 g/mol. The first kappa shape index (κ1) is 23.2. The third-order valence-corrected chi connectivity index (χ3v) is 7.72. The maximum absolute atomic E-state index is 13.0. The number of hydrogen-bond acceptors (Lipinski definition) is 4. The zero-order valence-corrected chi connectivity index (χ0v) is 20.9. The minimum absolute atomic E-state index is 0.0519. The summed E-state index contributed by atoms with van der Waals surface area (Å²) >= 11 is 13.6. The molecule has 4 nitrogen and oxygen atoms in total. The fraction of sp³-hybridized carbons (Fsp3) is 0.360. The predicted molar refractivity (Wildman–Crippen MR) is 135 cm³/mol. The lowest BCUT2D eigenvalue weighted by Gasteiger charge is -2.47. The van der Waals surface area contributed by atoms with E-state index < -0.39 is 0 Å². The van der Waals surface area contributed by atoms with Crippen LogP contribution in [0.4, 0.5) is 10.5 Å². The number of imide groups is 1. The van der Waals surface area contributed by atoms with Crippen LogP contribution in [-0.2, 0) is 11.3 Å². The van der Waals surface area contributed by atoms with Gasteiger partial charge in [-0.3, -0.25) is 14.5 Å². The third-order valence-electron chi connectivity index (χ3n) is 6.23. The van der Waals surface area contributed by atoms with Gasteiger partial charge in [0.2, 0.25) is 0 Å². The minimum atomic E-state index is -0.298. The molecule has 1 unspecified atom stereocenters. The maximum Gasteiger partial charge on any atom is 0.293 e. The Balaban J connectivity index is 1.64. The molecule has 32 heavy (non-hydrogen) atoms. The molecule has 2 amide bonds. The van der Waals surface area contributed by atoms with Gasteiger partial charge >= 0.3 is 0 Å². The molecule has 7 heteroatoms. The summed E-state index contributed by atoms with van der Waals surface area (Å²) < 4.78 is 0. The van der Waals surface area contributed by atoms with Crippen molar-refractivity contribution in [3.05, 3.63) is 68.0 Å². The number of anilines is 1. The van der Waals surface area contributed by atoms with E-state index in [4.69, 9.17) is 23.2 Å². The normalized spacial score (nSPS) is 21.4. The van der Waals surface area contributed by atoms with E-state index in [-0.39, 0.29) is 23.2 Å². The summed E-state index contributed by atoms with van der Waals surface area (Å²) in [7, 11) is 0. The molecule has 2 aromatic rings. The Morgan fingerprint density at radius 2 is 1.84 bits per heavy atom. The molecule has 0 radical (unpaired) electrons. The topological polar surface area (TPSA) is 40.6 Å². The lowest BCUT2D eigenvalue weighted by molar-refractivity contribution is -0.123. The third kappa shape index (κ3) is 4.30. The highest BCUT2D eigenvalue weighted by atomic mass is 35.5. The van der Waals surface area contributed by atoms with Gasteiger partial charge in [0.1, 0.15) is 0 Å². The molecule has 168 valence electrons. The van der Waals surface area contributed by atoms with E-state index >= 15 is 0 Å². The molecule has 2 aliphatic heterocycles. The Morgan fingerprint density at radius 3 is 2.50 bits per heavy atom. The second kappa shape index (κ2) is 8.77. The molecule has 0 saturated carbocycles. The van der Waals surface area contributed by atoms with Gasteiger partial charge < -0.3 is 4.90 Å².